The van der Waals surface area contributed by atoms with Crippen molar-refractivity contribution in [3.8, 4) is 0 Å². The first-order valence-electron chi connectivity index (χ1n) is 4.79. The van der Waals surface area contributed by atoms with Gasteiger partial charge in [0.1, 0.15) is 0 Å². The van der Waals surface area contributed by atoms with Crippen LogP contribution in [-0.2, 0) is 13.3 Å². The molecule has 0 aromatic heterocycles. The molecule has 1 aliphatic rings. The van der Waals surface area contributed by atoms with Gasteiger partial charge < -0.3 is 13.3 Å². The minimum absolute atomic E-state index is 0.728. The van der Waals surface area contributed by atoms with Crippen molar-refractivity contribution in [2.45, 2.75) is 25.7 Å². The molecule has 0 N–H and O–H groups in total. The monoisotopic (exact) mass is 202 g/mol. The van der Waals surface area contributed by atoms with Gasteiger partial charge >= 0.3 is 8.80 Å². The molecular weight excluding hydrogens is 184 g/mol. The largest absolute Gasteiger partial charge is 0.528 e. The van der Waals surface area contributed by atoms with Crippen LogP contribution in [0.4, 0.5) is 0 Å². The molecule has 13 heavy (non-hydrogen) atoms. The first kappa shape index (κ1) is 10.9. The van der Waals surface area contributed by atoms with E-state index in [1.807, 2.05) is 0 Å². The van der Waals surface area contributed by atoms with E-state index in [1.165, 1.54) is 12.8 Å². The lowest BCUT2D eigenvalue weighted by Crippen LogP contribution is -2.43. The van der Waals surface area contributed by atoms with Gasteiger partial charge in [-0.15, -0.1) is 0 Å². The highest BCUT2D eigenvalue weighted by atomic mass is 28.4. The van der Waals surface area contributed by atoms with E-state index in [0.29, 0.717) is 0 Å². The van der Waals surface area contributed by atoms with Crippen molar-refractivity contribution in [3.05, 3.63) is 12.3 Å². The summed E-state index contributed by atoms with van der Waals surface area (Å²) in [6.07, 6.45) is 4.62. The van der Waals surface area contributed by atoms with Crippen molar-refractivity contribution in [1.29, 1.82) is 0 Å². The average molecular weight is 202 g/mol. The molecule has 0 radical (unpaired) electrons. The zero-order valence-electron chi connectivity index (χ0n) is 8.25. The van der Waals surface area contributed by atoms with Crippen LogP contribution in [0.15, 0.2) is 12.3 Å². The lowest BCUT2D eigenvalue weighted by molar-refractivity contribution is 0.0937. The fourth-order valence-corrected chi connectivity index (χ4v) is 2.93. The highest BCUT2D eigenvalue weighted by Gasteiger charge is 2.36. The van der Waals surface area contributed by atoms with Gasteiger partial charge in [0.25, 0.3) is 0 Å². The lowest BCUT2D eigenvalue weighted by atomic mass is 10.2. The molecule has 1 aliphatic heterocycles. The topological polar surface area (TPSA) is 27.7 Å². The molecule has 0 aliphatic carbocycles. The second-order valence-corrected chi connectivity index (χ2v) is 5.72. The van der Waals surface area contributed by atoms with Crippen molar-refractivity contribution in [3.63, 3.8) is 0 Å². The number of rotatable bonds is 2. The SMILES string of the molecule is C=C[Si]1(OC)OCCCCCCO1. The molecular formula is C9H18O3Si. The van der Waals surface area contributed by atoms with Gasteiger partial charge in [0.15, 0.2) is 0 Å². The van der Waals surface area contributed by atoms with Gasteiger partial charge in [0.05, 0.1) is 0 Å². The van der Waals surface area contributed by atoms with Gasteiger partial charge in [0, 0.05) is 20.3 Å². The molecule has 3 nitrogen and oxygen atoms in total. The van der Waals surface area contributed by atoms with Crippen LogP contribution in [0.3, 0.4) is 0 Å². The van der Waals surface area contributed by atoms with Crippen molar-refractivity contribution in [1.82, 2.24) is 0 Å². The van der Waals surface area contributed by atoms with E-state index in [2.05, 4.69) is 6.58 Å². The third-order valence-corrected chi connectivity index (χ3v) is 4.46. The Hall–Kier alpha value is -0.163. The maximum atomic E-state index is 5.63. The zero-order chi connectivity index (χ0) is 9.57. The quantitative estimate of drug-likeness (QED) is 0.640. The zero-order valence-corrected chi connectivity index (χ0v) is 9.25. The van der Waals surface area contributed by atoms with Crippen LogP contribution in [0.5, 0.6) is 0 Å². The molecule has 0 amide bonds. The third-order valence-electron chi connectivity index (χ3n) is 2.18. The van der Waals surface area contributed by atoms with E-state index >= 15 is 0 Å². The van der Waals surface area contributed by atoms with Crippen LogP contribution in [0.25, 0.3) is 0 Å². The molecule has 1 heterocycles. The van der Waals surface area contributed by atoms with Gasteiger partial charge in [-0.2, -0.15) is 0 Å². The van der Waals surface area contributed by atoms with E-state index in [0.717, 1.165) is 26.1 Å². The van der Waals surface area contributed by atoms with Gasteiger partial charge in [-0.1, -0.05) is 19.4 Å². The summed E-state index contributed by atoms with van der Waals surface area (Å²) in [5, 5.41) is 0. The van der Waals surface area contributed by atoms with E-state index in [1.54, 1.807) is 12.8 Å². The fourth-order valence-electron chi connectivity index (χ4n) is 1.35. The molecule has 0 saturated carbocycles. The first-order valence-corrected chi connectivity index (χ1v) is 6.60. The van der Waals surface area contributed by atoms with Gasteiger partial charge in [-0.05, 0) is 18.5 Å². The Balaban J connectivity index is 2.52. The molecule has 1 saturated heterocycles. The lowest BCUT2D eigenvalue weighted by Gasteiger charge is -2.23. The molecule has 0 atom stereocenters. The predicted molar refractivity (Wildman–Crippen MR) is 53.3 cm³/mol. The molecule has 0 bridgehead atoms. The third kappa shape index (κ3) is 3.23. The Morgan fingerprint density at radius 1 is 1.15 bits per heavy atom. The molecule has 76 valence electrons. The fraction of sp³-hybridized carbons (Fsp3) is 0.778. The summed E-state index contributed by atoms with van der Waals surface area (Å²) >= 11 is 0. The second-order valence-electron chi connectivity index (χ2n) is 3.12. The van der Waals surface area contributed by atoms with E-state index < -0.39 is 8.80 Å². The van der Waals surface area contributed by atoms with Crippen LogP contribution in [0.1, 0.15) is 25.7 Å². The standard InChI is InChI=1S/C9H18O3Si/c1-3-13(10-2)11-8-6-4-5-7-9-12-13/h3H,1,4-9H2,2H3. The molecule has 0 unspecified atom stereocenters. The summed E-state index contributed by atoms with van der Waals surface area (Å²) < 4.78 is 16.5. The Morgan fingerprint density at radius 3 is 2.08 bits per heavy atom. The number of hydrogen-bond donors (Lipinski definition) is 0. The first-order chi connectivity index (χ1) is 6.33. The Kier molecular flexibility index (Phi) is 4.65. The van der Waals surface area contributed by atoms with Gasteiger partial charge in [-0.25, -0.2) is 0 Å². The van der Waals surface area contributed by atoms with E-state index in [-0.39, 0.29) is 0 Å². The van der Waals surface area contributed by atoms with Gasteiger partial charge in [-0.3, -0.25) is 0 Å². The van der Waals surface area contributed by atoms with E-state index in [9.17, 15) is 0 Å². The summed E-state index contributed by atoms with van der Waals surface area (Å²) in [6, 6.07) is 0. The highest BCUT2D eigenvalue weighted by Crippen LogP contribution is 2.15. The molecule has 1 fully saturated rings. The van der Waals surface area contributed by atoms with Gasteiger partial charge in [0.2, 0.25) is 0 Å². The Labute approximate surface area is 81.1 Å². The minimum atomic E-state index is -2.48. The number of hydrogen-bond acceptors (Lipinski definition) is 3. The average Bonchev–Trinajstić information content (AvgIpc) is 2.29. The summed E-state index contributed by atoms with van der Waals surface area (Å²) in [4.78, 5) is 0. The molecule has 0 aromatic rings. The Bertz CT molecular complexity index is 151. The van der Waals surface area contributed by atoms with Crippen LogP contribution < -0.4 is 0 Å². The van der Waals surface area contributed by atoms with Crippen LogP contribution in [0.2, 0.25) is 0 Å². The molecule has 0 spiro atoms. The van der Waals surface area contributed by atoms with Crippen LogP contribution in [-0.4, -0.2) is 29.1 Å². The Morgan fingerprint density at radius 2 is 1.69 bits per heavy atom. The van der Waals surface area contributed by atoms with E-state index in [4.69, 9.17) is 13.3 Å². The summed E-state index contributed by atoms with van der Waals surface area (Å²) in [7, 11) is -0.851. The molecule has 1 rings (SSSR count). The minimum Gasteiger partial charge on any atom is -0.374 e. The second kappa shape index (κ2) is 5.54. The van der Waals surface area contributed by atoms with Crippen LogP contribution in [0, 0.1) is 0 Å². The highest BCUT2D eigenvalue weighted by molar-refractivity contribution is 6.66. The van der Waals surface area contributed by atoms with Crippen molar-refractivity contribution in [2.24, 2.45) is 0 Å². The molecule has 4 heteroatoms. The van der Waals surface area contributed by atoms with Crippen molar-refractivity contribution < 1.29 is 13.3 Å². The molecule has 0 aromatic carbocycles. The summed E-state index contributed by atoms with van der Waals surface area (Å²) in [5.74, 6) is 0. The maximum Gasteiger partial charge on any atom is 0.528 e. The predicted octanol–water partition coefficient (Wildman–Crippen LogP) is 1.90. The summed E-state index contributed by atoms with van der Waals surface area (Å²) in [6.45, 7) is 5.17. The normalized spacial score (nSPS) is 24.1. The van der Waals surface area contributed by atoms with Crippen molar-refractivity contribution >= 4 is 8.80 Å². The smallest absolute Gasteiger partial charge is 0.374 e. The van der Waals surface area contributed by atoms with Crippen molar-refractivity contribution in [2.75, 3.05) is 20.3 Å². The maximum absolute atomic E-state index is 5.63. The van der Waals surface area contributed by atoms with Crippen LogP contribution >= 0.6 is 0 Å². The summed E-state index contributed by atoms with van der Waals surface area (Å²) in [5.41, 5.74) is 1.71.